The van der Waals surface area contributed by atoms with Crippen molar-refractivity contribution in [2.75, 3.05) is 11.9 Å². The lowest BCUT2D eigenvalue weighted by Gasteiger charge is -2.23. The molecule has 0 spiro atoms. The number of amides is 1. The highest BCUT2D eigenvalue weighted by Gasteiger charge is 2.18. The molecule has 0 bridgehead atoms. The number of rotatable bonds is 6. The van der Waals surface area contributed by atoms with Crippen LogP contribution in [-0.4, -0.2) is 12.5 Å². The van der Waals surface area contributed by atoms with Gasteiger partial charge in [-0.3, -0.25) is 4.79 Å². The maximum Gasteiger partial charge on any atom is 0.224 e. The van der Waals surface area contributed by atoms with E-state index in [0.717, 1.165) is 18.4 Å². The molecular formula is C15H23ClN2O. The molecule has 1 amide bonds. The fourth-order valence-electron chi connectivity index (χ4n) is 1.92. The van der Waals surface area contributed by atoms with Crippen LogP contribution in [0.15, 0.2) is 18.2 Å². The average molecular weight is 283 g/mol. The first-order valence-corrected chi connectivity index (χ1v) is 6.98. The minimum atomic E-state index is -0.00223. The highest BCUT2D eigenvalue weighted by Crippen LogP contribution is 2.27. The van der Waals surface area contributed by atoms with Crippen molar-refractivity contribution in [2.24, 2.45) is 11.1 Å². The van der Waals surface area contributed by atoms with E-state index in [2.05, 4.69) is 19.2 Å². The van der Waals surface area contributed by atoms with Crippen LogP contribution in [0.3, 0.4) is 0 Å². The first-order chi connectivity index (χ1) is 8.84. The molecule has 0 aliphatic heterocycles. The summed E-state index contributed by atoms with van der Waals surface area (Å²) >= 11 is 6.05. The average Bonchev–Trinajstić information content (AvgIpc) is 2.31. The molecule has 1 rings (SSSR count). The molecule has 0 atom stereocenters. The largest absolute Gasteiger partial charge is 0.330 e. The Bertz CT molecular complexity index is 444. The molecule has 3 N–H and O–H groups in total. The first-order valence-electron chi connectivity index (χ1n) is 6.60. The summed E-state index contributed by atoms with van der Waals surface area (Å²) in [5.74, 6) is -0.00223. The molecule has 19 heavy (non-hydrogen) atoms. The summed E-state index contributed by atoms with van der Waals surface area (Å²) < 4.78 is 0. The van der Waals surface area contributed by atoms with Gasteiger partial charge in [-0.15, -0.1) is 0 Å². The van der Waals surface area contributed by atoms with E-state index in [4.69, 9.17) is 17.3 Å². The monoisotopic (exact) mass is 282 g/mol. The highest BCUT2D eigenvalue weighted by atomic mass is 35.5. The van der Waals surface area contributed by atoms with Crippen molar-refractivity contribution in [3.8, 4) is 0 Å². The predicted molar refractivity (Wildman–Crippen MR) is 81.5 cm³/mol. The van der Waals surface area contributed by atoms with Gasteiger partial charge in [0.15, 0.2) is 0 Å². The van der Waals surface area contributed by atoms with Gasteiger partial charge in [-0.1, -0.05) is 31.5 Å². The molecule has 0 saturated heterocycles. The third-order valence-electron chi connectivity index (χ3n) is 3.25. The quantitative estimate of drug-likeness (QED) is 0.835. The fourth-order valence-corrected chi connectivity index (χ4v) is 2.08. The van der Waals surface area contributed by atoms with Crippen LogP contribution < -0.4 is 11.1 Å². The Kier molecular flexibility index (Phi) is 5.83. The molecule has 0 radical (unpaired) electrons. The second kappa shape index (κ2) is 6.92. The van der Waals surface area contributed by atoms with Gasteiger partial charge in [-0.05, 0) is 49.4 Å². The Hall–Kier alpha value is -1.06. The summed E-state index contributed by atoms with van der Waals surface area (Å²) in [6.45, 7) is 6.88. The molecule has 1 aromatic rings. The van der Waals surface area contributed by atoms with E-state index in [1.807, 2.05) is 19.1 Å². The smallest absolute Gasteiger partial charge is 0.224 e. The van der Waals surface area contributed by atoms with Gasteiger partial charge in [0.05, 0.1) is 10.7 Å². The lowest BCUT2D eigenvalue weighted by Crippen LogP contribution is -2.20. The molecule has 0 aromatic heterocycles. The van der Waals surface area contributed by atoms with E-state index in [0.29, 0.717) is 23.7 Å². The Morgan fingerprint density at radius 1 is 1.37 bits per heavy atom. The van der Waals surface area contributed by atoms with Crippen LogP contribution in [0, 0.1) is 12.3 Å². The Balaban J connectivity index is 2.54. The number of hydrogen-bond acceptors (Lipinski definition) is 2. The number of benzene rings is 1. The van der Waals surface area contributed by atoms with Crippen LogP contribution in [0.5, 0.6) is 0 Å². The summed E-state index contributed by atoms with van der Waals surface area (Å²) in [5, 5.41) is 3.43. The molecule has 0 heterocycles. The topological polar surface area (TPSA) is 55.1 Å². The normalized spacial score (nSPS) is 11.4. The first kappa shape index (κ1) is 16.0. The van der Waals surface area contributed by atoms with E-state index >= 15 is 0 Å². The van der Waals surface area contributed by atoms with Gasteiger partial charge in [0.2, 0.25) is 5.91 Å². The summed E-state index contributed by atoms with van der Waals surface area (Å²) in [4.78, 5) is 11.9. The predicted octanol–water partition coefficient (Wildman–Crippen LogP) is 3.74. The zero-order chi connectivity index (χ0) is 14.5. The van der Waals surface area contributed by atoms with Crippen molar-refractivity contribution in [1.82, 2.24) is 0 Å². The lowest BCUT2D eigenvalue weighted by molar-refractivity contribution is -0.116. The van der Waals surface area contributed by atoms with Crippen LogP contribution in [0.1, 0.15) is 38.7 Å². The summed E-state index contributed by atoms with van der Waals surface area (Å²) in [6.07, 6.45) is 2.22. The van der Waals surface area contributed by atoms with E-state index in [9.17, 15) is 4.79 Å². The van der Waals surface area contributed by atoms with Gasteiger partial charge in [0, 0.05) is 6.42 Å². The van der Waals surface area contributed by atoms with Crippen molar-refractivity contribution in [1.29, 1.82) is 0 Å². The fraction of sp³-hybridized carbons (Fsp3) is 0.533. The molecule has 4 heteroatoms. The number of nitrogens with two attached hydrogens (primary N) is 1. The SMILES string of the molecule is Cc1ccc(Cl)c(NC(=O)CCC(C)(C)CCN)c1. The number of carbonyl (C=O) groups is 1. The molecule has 1 aromatic carbocycles. The van der Waals surface area contributed by atoms with Crippen LogP contribution in [0.25, 0.3) is 0 Å². The maximum atomic E-state index is 11.9. The molecular weight excluding hydrogens is 260 g/mol. The van der Waals surface area contributed by atoms with Crippen molar-refractivity contribution < 1.29 is 4.79 Å². The molecule has 106 valence electrons. The second-order valence-corrected chi connectivity index (χ2v) is 6.14. The van der Waals surface area contributed by atoms with E-state index in [1.54, 1.807) is 6.07 Å². The molecule has 0 fully saturated rings. The number of aryl methyl sites for hydroxylation is 1. The Morgan fingerprint density at radius 3 is 2.68 bits per heavy atom. The zero-order valence-corrected chi connectivity index (χ0v) is 12.7. The number of nitrogens with one attached hydrogen (secondary N) is 1. The van der Waals surface area contributed by atoms with Gasteiger partial charge < -0.3 is 11.1 Å². The standard InChI is InChI=1S/C15H23ClN2O/c1-11-4-5-12(16)13(10-11)18-14(19)6-7-15(2,3)8-9-17/h4-5,10H,6-9,17H2,1-3H3,(H,18,19). The highest BCUT2D eigenvalue weighted by molar-refractivity contribution is 6.33. The van der Waals surface area contributed by atoms with Crippen LogP contribution >= 0.6 is 11.6 Å². The molecule has 0 aliphatic rings. The minimum Gasteiger partial charge on any atom is -0.330 e. The van der Waals surface area contributed by atoms with Crippen LogP contribution in [0.2, 0.25) is 5.02 Å². The summed E-state index contributed by atoms with van der Waals surface area (Å²) in [6, 6.07) is 5.60. The Labute approximate surface area is 120 Å². The molecule has 0 aliphatic carbocycles. The molecule has 0 saturated carbocycles. The van der Waals surface area contributed by atoms with Crippen molar-refractivity contribution in [3.63, 3.8) is 0 Å². The lowest BCUT2D eigenvalue weighted by atomic mass is 9.84. The van der Waals surface area contributed by atoms with Gasteiger partial charge >= 0.3 is 0 Å². The number of carbonyl (C=O) groups excluding carboxylic acids is 1. The summed E-state index contributed by atoms with van der Waals surface area (Å²) in [7, 11) is 0. The number of halogens is 1. The van der Waals surface area contributed by atoms with Crippen molar-refractivity contribution in [3.05, 3.63) is 28.8 Å². The van der Waals surface area contributed by atoms with Gasteiger partial charge in [0.1, 0.15) is 0 Å². The number of hydrogen-bond donors (Lipinski definition) is 2. The van der Waals surface area contributed by atoms with E-state index in [1.165, 1.54) is 0 Å². The molecule has 3 nitrogen and oxygen atoms in total. The maximum absolute atomic E-state index is 11.9. The third kappa shape index (κ3) is 5.62. The van der Waals surface area contributed by atoms with Crippen LogP contribution in [-0.2, 0) is 4.79 Å². The summed E-state index contributed by atoms with van der Waals surface area (Å²) in [5.41, 5.74) is 7.42. The van der Waals surface area contributed by atoms with Gasteiger partial charge in [-0.25, -0.2) is 0 Å². The minimum absolute atomic E-state index is 0.00223. The zero-order valence-electron chi connectivity index (χ0n) is 11.9. The second-order valence-electron chi connectivity index (χ2n) is 5.73. The third-order valence-corrected chi connectivity index (χ3v) is 3.58. The van der Waals surface area contributed by atoms with Crippen molar-refractivity contribution >= 4 is 23.2 Å². The van der Waals surface area contributed by atoms with Crippen LogP contribution in [0.4, 0.5) is 5.69 Å². The van der Waals surface area contributed by atoms with E-state index < -0.39 is 0 Å². The van der Waals surface area contributed by atoms with Gasteiger partial charge in [0.25, 0.3) is 0 Å². The Morgan fingerprint density at radius 2 is 2.05 bits per heavy atom. The van der Waals surface area contributed by atoms with Gasteiger partial charge in [-0.2, -0.15) is 0 Å². The molecule has 0 unspecified atom stereocenters. The number of anilines is 1. The van der Waals surface area contributed by atoms with Crippen molar-refractivity contribution in [2.45, 2.75) is 40.0 Å². The van der Waals surface area contributed by atoms with E-state index in [-0.39, 0.29) is 11.3 Å².